The molecule has 0 aliphatic carbocycles. The molecule has 6 nitrogen and oxygen atoms in total. The monoisotopic (exact) mass is 303 g/mol. The molecule has 3 rings (SSSR count). The topological polar surface area (TPSA) is 52.6 Å². The zero-order valence-electron chi connectivity index (χ0n) is 13.5. The largest absolute Gasteiger partial charge is 0.352 e. The minimum atomic E-state index is 0.153. The number of piperidine rings is 1. The van der Waals surface area contributed by atoms with E-state index in [4.69, 9.17) is 0 Å². The predicted octanol–water partition coefficient (Wildman–Crippen LogP) is 1.52. The molecule has 1 aromatic heterocycles. The predicted molar refractivity (Wildman–Crippen MR) is 87.2 cm³/mol. The first kappa shape index (κ1) is 15.1. The lowest BCUT2D eigenvalue weighted by atomic mass is 10.0. The van der Waals surface area contributed by atoms with E-state index in [2.05, 4.69) is 39.1 Å². The van der Waals surface area contributed by atoms with Crippen LogP contribution in [0.5, 0.6) is 0 Å². The van der Waals surface area contributed by atoms with Gasteiger partial charge in [-0.05, 0) is 38.3 Å². The van der Waals surface area contributed by atoms with Crippen LogP contribution in [0.15, 0.2) is 12.1 Å². The SMILES string of the molecule is CC(=O)N1CCN(c2ccc(N3CCCCC3C)nn2)CC1. The summed E-state index contributed by atoms with van der Waals surface area (Å²) in [5, 5.41) is 8.85. The molecule has 0 saturated carbocycles. The van der Waals surface area contributed by atoms with Gasteiger partial charge in [0.05, 0.1) is 0 Å². The fourth-order valence-corrected chi connectivity index (χ4v) is 3.33. The lowest BCUT2D eigenvalue weighted by molar-refractivity contribution is -0.129. The van der Waals surface area contributed by atoms with Crippen molar-refractivity contribution in [3.8, 4) is 0 Å². The van der Waals surface area contributed by atoms with Crippen LogP contribution in [0.2, 0.25) is 0 Å². The highest BCUT2D eigenvalue weighted by Crippen LogP contribution is 2.23. The Kier molecular flexibility index (Phi) is 4.45. The van der Waals surface area contributed by atoms with E-state index in [1.165, 1.54) is 19.3 Å². The van der Waals surface area contributed by atoms with Crippen molar-refractivity contribution in [3.63, 3.8) is 0 Å². The zero-order valence-corrected chi connectivity index (χ0v) is 13.5. The van der Waals surface area contributed by atoms with Crippen molar-refractivity contribution in [2.75, 3.05) is 42.5 Å². The van der Waals surface area contributed by atoms with Crippen molar-refractivity contribution in [1.29, 1.82) is 0 Å². The minimum absolute atomic E-state index is 0.153. The van der Waals surface area contributed by atoms with Crippen LogP contribution >= 0.6 is 0 Å². The summed E-state index contributed by atoms with van der Waals surface area (Å²) in [5.41, 5.74) is 0. The molecule has 2 saturated heterocycles. The van der Waals surface area contributed by atoms with Gasteiger partial charge in [-0.25, -0.2) is 0 Å². The number of hydrogen-bond donors (Lipinski definition) is 0. The van der Waals surface area contributed by atoms with E-state index < -0.39 is 0 Å². The molecule has 2 aliphatic heterocycles. The van der Waals surface area contributed by atoms with Crippen LogP contribution in [0.25, 0.3) is 0 Å². The maximum Gasteiger partial charge on any atom is 0.219 e. The van der Waals surface area contributed by atoms with Gasteiger partial charge >= 0.3 is 0 Å². The van der Waals surface area contributed by atoms with Crippen LogP contribution in [0.3, 0.4) is 0 Å². The van der Waals surface area contributed by atoms with E-state index in [0.29, 0.717) is 6.04 Å². The summed E-state index contributed by atoms with van der Waals surface area (Å²) in [6, 6.07) is 4.70. The number of carbonyl (C=O) groups is 1. The Bertz CT molecular complexity index is 510. The second-order valence-corrected chi connectivity index (χ2v) is 6.28. The Balaban J connectivity index is 1.63. The molecule has 1 atom stereocenters. The summed E-state index contributed by atoms with van der Waals surface area (Å²) in [6.07, 6.45) is 3.78. The highest BCUT2D eigenvalue weighted by Gasteiger charge is 2.22. The molecule has 0 spiro atoms. The molecule has 22 heavy (non-hydrogen) atoms. The van der Waals surface area contributed by atoms with Crippen molar-refractivity contribution < 1.29 is 4.79 Å². The second kappa shape index (κ2) is 6.50. The molecule has 0 N–H and O–H groups in total. The van der Waals surface area contributed by atoms with Gasteiger partial charge in [0.15, 0.2) is 11.6 Å². The molecule has 1 unspecified atom stereocenters. The number of hydrogen-bond acceptors (Lipinski definition) is 5. The fraction of sp³-hybridized carbons (Fsp3) is 0.688. The first-order chi connectivity index (χ1) is 10.6. The number of rotatable bonds is 2. The summed E-state index contributed by atoms with van der Waals surface area (Å²) in [5.74, 6) is 2.05. The number of piperazine rings is 1. The Morgan fingerprint density at radius 1 is 1.05 bits per heavy atom. The van der Waals surface area contributed by atoms with E-state index in [1.54, 1.807) is 6.92 Å². The summed E-state index contributed by atoms with van der Waals surface area (Å²) >= 11 is 0. The van der Waals surface area contributed by atoms with Crippen LogP contribution in [0.1, 0.15) is 33.1 Å². The number of anilines is 2. The van der Waals surface area contributed by atoms with E-state index in [-0.39, 0.29) is 5.91 Å². The van der Waals surface area contributed by atoms with Gasteiger partial charge in [0.2, 0.25) is 5.91 Å². The Morgan fingerprint density at radius 2 is 1.73 bits per heavy atom. The summed E-state index contributed by atoms with van der Waals surface area (Å²) in [4.78, 5) is 17.8. The van der Waals surface area contributed by atoms with Crippen LogP contribution in [0.4, 0.5) is 11.6 Å². The van der Waals surface area contributed by atoms with E-state index >= 15 is 0 Å². The van der Waals surface area contributed by atoms with Gasteiger partial charge in [-0.3, -0.25) is 4.79 Å². The molecule has 0 radical (unpaired) electrons. The molecule has 0 aromatic carbocycles. The number of aromatic nitrogens is 2. The normalized spacial score (nSPS) is 22.8. The quantitative estimate of drug-likeness (QED) is 0.829. The van der Waals surface area contributed by atoms with Crippen LogP contribution in [0, 0.1) is 0 Å². The van der Waals surface area contributed by atoms with Gasteiger partial charge in [-0.15, -0.1) is 10.2 Å². The van der Waals surface area contributed by atoms with Gasteiger partial charge < -0.3 is 14.7 Å². The number of carbonyl (C=O) groups excluding carboxylic acids is 1. The average molecular weight is 303 g/mol. The lowest BCUT2D eigenvalue weighted by Gasteiger charge is -2.36. The van der Waals surface area contributed by atoms with Crippen molar-refractivity contribution in [2.24, 2.45) is 0 Å². The third-order valence-corrected chi connectivity index (χ3v) is 4.78. The Labute approximate surface area is 132 Å². The maximum atomic E-state index is 11.4. The molecule has 120 valence electrons. The van der Waals surface area contributed by atoms with Crippen molar-refractivity contribution in [1.82, 2.24) is 15.1 Å². The van der Waals surface area contributed by atoms with Gasteiger partial charge in [0.25, 0.3) is 0 Å². The van der Waals surface area contributed by atoms with Gasteiger partial charge in [-0.1, -0.05) is 0 Å². The van der Waals surface area contributed by atoms with Crippen molar-refractivity contribution >= 4 is 17.5 Å². The molecule has 1 amide bonds. The summed E-state index contributed by atoms with van der Waals surface area (Å²) < 4.78 is 0. The minimum Gasteiger partial charge on any atom is -0.352 e. The van der Waals surface area contributed by atoms with Gasteiger partial charge in [0.1, 0.15) is 0 Å². The van der Waals surface area contributed by atoms with Crippen LogP contribution in [-0.4, -0.2) is 59.8 Å². The van der Waals surface area contributed by atoms with E-state index in [0.717, 1.165) is 44.4 Å². The summed E-state index contributed by atoms with van der Waals surface area (Å²) in [7, 11) is 0. The molecule has 1 aromatic rings. The highest BCUT2D eigenvalue weighted by molar-refractivity contribution is 5.73. The lowest BCUT2D eigenvalue weighted by Crippen LogP contribution is -2.48. The first-order valence-corrected chi connectivity index (χ1v) is 8.26. The first-order valence-electron chi connectivity index (χ1n) is 8.26. The number of amides is 1. The summed E-state index contributed by atoms with van der Waals surface area (Å²) in [6.45, 7) is 8.15. The van der Waals surface area contributed by atoms with Gasteiger partial charge in [0, 0.05) is 45.7 Å². The van der Waals surface area contributed by atoms with Crippen LogP contribution in [-0.2, 0) is 4.79 Å². The standard InChI is InChI=1S/C16H25N5O/c1-13-5-3-4-8-21(13)16-7-6-15(17-18-16)20-11-9-19(10-12-20)14(2)22/h6-7,13H,3-5,8-12H2,1-2H3. The van der Waals surface area contributed by atoms with Gasteiger partial charge in [-0.2, -0.15) is 0 Å². The van der Waals surface area contributed by atoms with E-state index in [9.17, 15) is 4.79 Å². The molecule has 2 fully saturated rings. The average Bonchev–Trinajstić information content (AvgIpc) is 2.56. The third kappa shape index (κ3) is 3.15. The molecular formula is C16H25N5O. The van der Waals surface area contributed by atoms with Crippen molar-refractivity contribution in [3.05, 3.63) is 12.1 Å². The second-order valence-electron chi connectivity index (χ2n) is 6.28. The zero-order chi connectivity index (χ0) is 15.5. The van der Waals surface area contributed by atoms with Crippen LogP contribution < -0.4 is 9.80 Å². The fourth-order valence-electron chi connectivity index (χ4n) is 3.33. The third-order valence-electron chi connectivity index (χ3n) is 4.78. The number of nitrogens with zero attached hydrogens (tertiary/aromatic N) is 5. The smallest absolute Gasteiger partial charge is 0.219 e. The van der Waals surface area contributed by atoms with E-state index in [1.807, 2.05) is 4.90 Å². The Morgan fingerprint density at radius 3 is 2.32 bits per heavy atom. The molecular weight excluding hydrogens is 278 g/mol. The molecule has 6 heteroatoms. The molecule has 0 bridgehead atoms. The van der Waals surface area contributed by atoms with Crippen molar-refractivity contribution in [2.45, 2.75) is 39.2 Å². The highest BCUT2D eigenvalue weighted by atomic mass is 16.2. The maximum absolute atomic E-state index is 11.4. The molecule has 3 heterocycles. The Hall–Kier alpha value is -1.85. The molecule has 2 aliphatic rings.